The molecule has 0 amide bonds. The maximum atomic E-state index is 13.4. The van der Waals surface area contributed by atoms with Crippen molar-refractivity contribution in [1.82, 2.24) is 0 Å². The predicted molar refractivity (Wildman–Crippen MR) is 68.2 cm³/mol. The van der Waals surface area contributed by atoms with Gasteiger partial charge in [0.2, 0.25) is 0 Å². The van der Waals surface area contributed by atoms with Crippen molar-refractivity contribution >= 4 is 17.6 Å². The van der Waals surface area contributed by atoms with Crippen molar-refractivity contribution in [2.75, 3.05) is 0 Å². The molecule has 98 valence electrons. The van der Waals surface area contributed by atoms with Crippen molar-refractivity contribution in [2.24, 2.45) is 11.3 Å². The Morgan fingerprint density at radius 3 is 2.89 bits per heavy atom. The summed E-state index contributed by atoms with van der Waals surface area (Å²) in [5.74, 6) is -0.888. The third-order valence-electron chi connectivity index (χ3n) is 3.87. The molecule has 2 atom stereocenters. The van der Waals surface area contributed by atoms with Crippen LogP contribution in [0.2, 0.25) is 5.02 Å². The Morgan fingerprint density at radius 1 is 1.61 bits per heavy atom. The summed E-state index contributed by atoms with van der Waals surface area (Å²) in [6, 6.07) is 4.57. The van der Waals surface area contributed by atoms with Gasteiger partial charge in [-0.3, -0.25) is 4.79 Å². The third kappa shape index (κ3) is 2.37. The maximum Gasteiger partial charge on any atom is 0.309 e. The maximum absolute atomic E-state index is 13.4. The van der Waals surface area contributed by atoms with Gasteiger partial charge in [0.1, 0.15) is 5.82 Å². The van der Waals surface area contributed by atoms with Crippen molar-refractivity contribution < 1.29 is 14.3 Å². The molecule has 1 aliphatic rings. The highest BCUT2D eigenvalue weighted by Crippen LogP contribution is 2.45. The number of hydrogen-bond acceptors (Lipinski definition) is 1. The summed E-state index contributed by atoms with van der Waals surface area (Å²) < 4.78 is 13.4. The van der Waals surface area contributed by atoms with Gasteiger partial charge in [0.15, 0.2) is 0 Å². The normalized spacial score (nSPS) is 27.4. The summed E-state index contributed by atoms with van der Waals surface area (Å²) in [5.41, 5.74) is -0.190. The van der Waals surface area contributed by atoms with Crippen LogP contribution < -0.4 is 0 Å². The van der Waals surface area contributed by atoms with Gasteiger partial charge in [-0.15, -0.1) is 0 Å². The fraction of sp³-hybridized carbons (Fsp3) is 0.500. The monoisotopic (exact) mass is 270 g/mol. The van der Waals surface area contributed by atoms with E-state index in [1.54, 1.807) is 12.1 Å². The predicted octanol–water partition coefficient (Wildman–Crippen LogP) is 3.91. The smallest absolute Gasteiger partial charge is 0.309 e. The summed E-state index contributed by atoms with van der Waals surface area (Å²) in [5, 5.41) is 9.52. The van der Waals surface area contributed by atoms with E-state index in [1.807, 2.05) is 0 Å². The Hall–Kier alpha value is -1.09. The molecule has 0 bridgehead atoms. The van der Waals surface area contributed by atoms with Gasteiger partial charge in [-0.2, -0.15) is 0 Å². The van der Waals surface area contributed by atoms with Crippen LogP contribution in [0.1, 0.15) is 31.7 Å². The van der Waals surface area contributed by atoms with Gasteiger partial charge in [0, 0.05) is 0 Å². The standard InChI is InChI=1S/C14H16ClFO2/c1-9-5-6-14(7-9,13(17)18)8-10-3-2-4-11(16)12(10)15/h2-4,9H,5-8H2,1H3,(H,17,18). The molecule has 0 saturated heterocycles. The second-order valence-electron chi connectivity index (χ2n) is 5.32. The molecule has 1 saturated carbocycles. The molecule has 2 rings (SSSR count). The minimum atomic E-state index is -0.799. The van der Waals surface area contributed by atoms with Gasteiger partial charge in [-0.1, -0.05) is 30.7 Å². The second kappa shape index (κ2) is 4.88. The van der Waals surface area contributed by atoms with Gasteiger partial charge < -0.3 is 5.11 Å². The van der Waals surface area contributed by atoms with Crippen LogP contribution in [0.15, 0.2) is 18.2 Å². The van der Waals surface area contributed by atoms with Crippen LogP contribution in [-0.4, -0.2) is 11.1 Å². The summed E-state index contributed by atoms with van der Waals surface area (Å²) in [6.45, 7) is 2.05. The van der Waals surface area contributed by atoms with Crippen LogP contribution in [0.3, 0.4) is 0 Å². The molecular weight excluding hydrogens is 255 g/mol. The molecule has 2 unspecified atom stereocenters. The number of rotatable bonds is 3. The first-order valence-electron chi connectivity index (χ1n) is 6.11. The van der Waals surface area contributed by atoms with Crippen LogP contribution in [0.5, 0.6) is 0 Å². The molecule has 2 nitrogen and oxygen atoms in total. The van der Waals surface area contributed by atoms with Gasteiger partial charge in [0.05, 0.1) is 10.4 Å². The Balaban J connectivity index is 2.30. The van der Waals surface area contributed by atoms with Crippen LogP contribution >= 0.6 is 11.6 Å². The first-order valence-corrected chi connectivity index (χ1v) is 6.49. The molecule has 1 aliphatic carbocycles. The van der Waals surface area contributed by atoms with Crippen molar-refractivity contribution in [3.05, 3.63) is 34.6 Å². The van der Waals surface area contributed by atoms with Crippen molar-refractivity contribution in [3.8, 4) is 0 Å². The minimum absolute atomic E-state index is 0.0534. The fourth-order valence-corrected chi connectivity index (χ4v) is 3.07. The van der Waals surface area contributed by atoms with Crippen molar-refractivity contribution in [3.63, 3.8) is 0 Å². The summed E-state index contributed by atoms with van der Waals surface area (Å²) in [4.78, 5) is 11.5. The molecular formula is C14H16ClFO2. The Labute approximate surface area is 111 Å². The summed E-state index contributed by atoms with van der Waals surface area (Å²) in [6.07, 6.45) is 2.48. The number of aliphatic carboxylic acids is 1. The minimum Gasteiger partial charge on any atom is -0.481 e. The molecule has 0 radical (unpaired) electrons. The fourth-order valence-electron chi connectivity index (χ4n) is 2.87. The Kier molecular flexibility index (Phi) is 3.62. The quantitative estimate of drug-likeness (QED) is 0.904. The number of benzene rings is 1. The van der Waals surface area contributed by atoms with Gasteiger partial charge in [-0.05, 0) is 43.2 Å². The summed E-state index contributed by atoms with van der Waals surface area (Å²) >= 11 is 5.91. The molecule has 1 aromatic rings. The highest BCUT2D eigenvalue weighted by Gasteiger charge is 2.44. The van der Waals surface area contributed by atoms with E-state index in [4.69, 9.17) is 11.6 Å². The van der Waals surface area contributed by atoms with Crippen molar-refractivity contribution in [1.29, 1.82) is 0 Å². The number of carbonyl (C=O) groups is 1. The molecule has 1 N–H and O–H groups in total. The number of hydrogen-bond donors (Lipinski definition) is 1. The SMILES string of the molecule is CC1CCC(Cc2cccc(F)c2Cl)(C(=O)O)C1. The lowest BCUT2D eigenvalue weighted by atomic mass is 9.79. The van der Waals surface area contributed by atoms with E-state index in [0.29, 0.717) is 30.7 Å². The zero-order valence-corrected chi connectivity index (χ0v) is 11.0. The molecule has 0 aromatic heterocycles. The van der Waals surface area contributed by atoms with E-state index in [1.165, 1.54) is 6.07 Å². The zero-order valence-electron chi connectivity index (χ0n) is 10.2. The average molecular weight is 271 g/mol. The van der Waals surface area contributed by atoms with E-state index in [-0.39, 0.29) is 5.02 Å². The highest BCUT2D eigenvalue weighted by atomic mass is 35.5. The van der Waals surface area contributed by atoms with Crippen LogP contribution in [0, 0.1) is 17.2 Å². The van der Waals surface area contributed by atoms with E-state index < -0.39 is 17.2 Å². The first kappa shape index (κ1) is 13.3. The lowest BCUT2D eigenvalue weighted by molar-refractivity contribution is -0.148. The largest absolute Gasteiger partial charge is 0.481 e. The molecule has 0 aliphatic heterocycles. The average Bonchev–Trinajstić information content (AvgIpc) is 2.68. The molecule has 1 aromatic carbocycles. The lowest BCUT2D eigenvalue weighted by Crippen LogP contribution is -2.30. The van der Waals surface area contributed by atoms with E-state index in [2.05, 4.69) is 6.92 Å². The summed E-state index contributed by atoms with van der Waals surface area (Å²) in [7, 11) is 0. The van der Waals surface area contributed by atoms with E-state index >= 15 is 0 Å². The topological polar surface area (TPSA) is 37.3 Å². The van der Waals surface area contributed by atoms with Gasteiger partial charge in [0.25, 0.3) is 0 Å². The van der Waals surface area contributed by atoms with Crippen molar-refractivity contribution in [2.45, 2.75) is 32.6 Å². The number of halogens is 2. The Morgan fingerprint density at radius 2 is 2.33 bits per heavy atom. The Bertz CT molecular complexity index is 475. The van der Waals surface area contributed by atoms with Gasteiger partial charge >= 0.3 is 5.97 Å². The second-order valence-corrected chi connectivity index (χ2v) is 5.70. The van der Waals surface area contributed by atoms with E-state index in [0.717, 1.165) is 6.42 Å². The molecule has 1 fully saturated rings. The number of carboxylic acids is 1. The molecule has 0 spiro atoms. The first-order chi connectivity index (χ1) is 8.44. The zero-order chi connectivity index (χ0) is 13.3. The molecule has 0 heterocycles. The number of carboxylic acid groups (broad SMARTS) is 1. The highest BCUT2D eigenvalue weighted by molar-refractivity contribution is 6.31. The van der Waals surface area contributed by atoms with Crippen LogP contribution in [0.25, 0.3) is 0 Å². The van der Waals surface area contributed by atoms with E-state index in [9.17, 15) is 14.3 Å². The molecule has 18 heavy (non-hydrogen) atoms. The lowest BCUT2D eigenvalue weighted by Gasteiger charge is -2.24. The van der Waals surface area contributed by atoms with Gasteiger partial charge in [-0.25, -0.2) is 4.39 Å². The molecule has 4 heteroatoms. The van der Waals surface area contributed by atoms with Crippen LogP contribution in [-0.2, 0) is 11.2 Å². The van der Waals surface area contributed by atoms with Crippen LogP contribution in [0.4, 0.5) is 4.39 Å². The third-order valence-corrected chi connectivity index (χ3v) is 4.29.